The van der Waals surface area contributed by atoms with E-state index in [1.165, 1.54) is 4.68 Å². The predicted molar refractivity (Wildman–Crippen MR) is 63.4 cm³/mol. The highest BCUT2D eigenvalue weighted by Crippen LogP contribution is 2.11. The van der Waals surface area contributed by atoms with Gasteiger partial charge in [0.25, 0.3) is 5.56 Å². The molecule has 0 saturated carbocycles. The van der Waals surface area contributed by atoms with Crippen molar-refractivity contribution >= 4 is 5.69 Å². The SMILES string of the molecule is Cc1c(N)c(=O)n(-c2ccccc2)n1CN. The maximum atomic E-state index is 11.9. The van der Waals surface area contributed by atoms with Gasteiger partial charge in [-0.1, -0.05) is 18.2 Å². The molecule has 2 rings (SSSR count). The molecule has 0 bridgehead atoms. The fourth-order valence-corrected chi connectivity index (χ4v) is 1.71. The molecule has 1 heterocycles. The van der Waals surface area contributed by atoms with Gasteiger partial charge in [0.2, 0.25) is 0 Å². The summed E-state index contributed by atoms with van der Waals surface area (Å²) in [5, 5.41) is 0. The Labute approximate surface area is 92.9 Å². The number of hydrogen-bond donors (Lipinski definition) is 2. The monoisotopic (exact) mass is 218 g/mol. The molecule has 2 aromatic rings. The summed E-state index contributed by atoms with van der Waals surface area (Å²) in [6, 6.07) is 9.29. The topological polar surface area (TPSA) is 79.0 Å². The molecule has 0 radical (unpaired) electrons. The average molecular weight is 218 g/mol. The summed E-state index contributed by atoms with van der Waals surface area (Å²) in [6.45, 7) is 2.00. The number of nitrogens with two attached hydrogens (primary N) is 2. The van der Waals surface area contributed by atoms with Gasteiger partial charge >= 0.3 is 0 Å². The van der Waals surface area contributed by atoms with Crippen LogP contribution in [-0.2, 0) is 6.67 Å². The molecule has 0 aliphatic rings. The molecule has 0 spiro atoms. The zero-order valence-electron chi connectivity index (χ0n) is 9.05. The van der Waals surface area contributed by atoms with Crippen LogP contribution in [0, 0.1) is 6.92 Å². The molecule has 0 aliphatic carbocycles. The lowest BCUT2D eigenvalue weighted by Crippen LogP contribution is -2.24. The molecule has 0 unspecified atom stereocenters. The summed E-state index contributed by atoms with van der Waals surface area (Å²) >= 11 is 0. The summed E-state index contributed by atoms with van der Waals surface area (Å²) in [5.41, 5.74) is 12.8. The van der Waals surface area contributed by atoms with Crippen molar-refractivity contribution in [3.63, 3.8) is 0 Å². The number of para-hydroxylation sites is 1. The van der Waals surface area contributed by atoms with E-state index >= 15 is 0 Å². The van der Waals surface area contributed by atoms with Crippen molar-refractivity contribution in [2.24, 2.45) is 5.73 Å². The van der Waals surface area contributed by atoms with Crippen LogP contribution in [0.25, 0.3) is 5.69 Å². The van der Waals surface area contributed by atoms with Crippen LogP contribution < -0.4 is 17.0 Å². The number of benzene rings is 1. The van der Waals surface area contributed by atoms with E-state index in [0.717, 1.165) is 5.69 Å². The highest BCUT2D eigenvalue weighted by atomic mass is 16.1. The van der Waals surface area contributed by atoms with E-state index in [2.05, 4.69) is 0 Å². The van der Waals surface area contributed by atoms with Gasteiger partial charge in [-0.05, 0) is 19.1 Å². The lowest BCUT2D eigenvalue weighted by atomic mass is 10.3. The third-order valence-corrected chi connectivity index (χ3v) is 2.61. The Bertz CT molecular complexity index is 553. The lowest BCUT2D eigenvalue weighted by Gasteiger charge is -2.10. The van der Waals surface area contributed by atoms with Gasteiger partial charge in [-0.15, -0.1) is 0 Å². The van der Waals surface area contributed by atoms with Crippen LogP contribution in [0.15, 0.2) is 35.1 Å². The van der Waals surface area contributed by atoms with E-state index in [-0.39, 0.29) is 17.9 Å². The van der Waals surface area contributed by atoms with Crippen molar-refractivity contribution in [1.29, 1.82) is 0 Å². The van der Waals surface area contributed by atoms with E-state index in [1.54, 1.807) is 11.6 Å². The lowest BCUT2D eigenvalue weighted by molar-refractivity contribution is 0.545. The smallest absolute Gasteiger partial charge is 0.294 e. The molecule has 1 aromatic carbocycles. The Kier molecular flexibility index (Phi) is 2.54. The van der Waals surface area contributed by atoms with Crippen LogP contribution in [0.4, 0.5) is 5.69 Å². The molecule has 0 fully saturated rings. The van der Waals surface area contributed by atoms with Gasteiger partial charge in [-0.25, -0.2) is 4.68 Å². The Hall–Kier alpha value is -2.01. The van der Waals surface area contributed by atoms with Crippen LogP contribution in [0.1, 0.15) is 5.69 Å². The molecular formula is C11H14N4O. The molecule has 84 valence electrons. The number of nitrogens with zero attached hydrogens (tertiary/aromatic N) is 2. The van der Waals surface area contributed by atoms with Crippen molar-refractivity contribution in [2.45, 2.75) is 13.6 Å². The molecule has 0 amide bonds. The summed E-state index contributed by atoms with van der Waals surface area (Å²) in [5.74, 6) is 0. The Morgan fingerprint density at radius 2 is 1.88 bits per heavy atom. The maximum absolute atomic E-state index is 11.9. The molecule has 1 aromatic heterocycles. The fourth-order valence-electron chi connectivity index (χ4n) is 1.71. The van der Waals surface area contributed by atoms with Crippen LogP contribution in [0.2, 0.25) is 0 Å². The first kappa shape index (κ1) is 10.5. The first-order chi connectivity index (χ1) is 7.66. The van der Waals surface area contributed by atoms with Gasteiger partial charge in [-0.3, -0.25) is 9.48 Å². The number of rotatable bonds is 2. The zero-order valence-corrected chi connectivity index (χ0v) is 9.05. The summed E-state index contributed by atoms with van der Waals surface area (Å²) in [4.78, 5) is 11.9. The third-order valence-electron chi connectivity index (χ3n) is 2.61. The minimum atomic E-state index is -0.228. The second-order valence-corrected chi connectivity index (χ2v) is 3.53. The first-order valence-electron chi connectivity index (χ1n) is 5.00. The molecule has 0 atom stereocenters. The second kappa shape index (κ2) is 3.86. The zero-order chi connectivity index (χ0) is 11.7. The van der Waals surface area contributed by atoms with Gasteiger partial charge in [0.1, 0.15) is 5.69 Å². The average Bonchev–Trinajstić information content (AvgIpc) is 2.54. The largest absolute Gasteiger partial charge is 0.393 e. The van der Waals surface area contributed by atoms with Crippen molar-refractivity contribution in [3.8, 4) is 5.69 Å². The molecule has 4 N–H and O–H groups in total. The van der Waals surface area contributed by atoms with Crippen LogP contribution in [0.3, 0.4) is 0 Å². The summed E-state index contributed by atoms with van der Waals surface area (Å²) in [7, 11) is 0. The third kappa shape index (κ3) is 1.42. The van der Waals surface area contributed by atoms with E-state index in [0.29, 0.717) is 5.69 Å². The number of nitrogen functional groups attached to an aromatic ring is 1. The number of aromatic nitrogens is 2. The quantitative estimate of drug-likeness (QED) is 0.768. The number of hydrogen-bond acceptors (Lipinski definition) is 3. The Morgan fingerprint density at radius 1 is 1.25 bits per heavy atom. The van der Waals surface area contributed by atoms with Crippen LogP contribution in [-0.4, -0.2) is 9.36 Å². The van der Waals surface area contributed by atoms with E-state index < -0.39 is 0 Å². The highest BCUT2D eigenvalue weighted by Gasteiger charge is 2.14. The minimum Gasteiger partial charge on any atom is -0.393 e. The molecule has 0 aliphatic heterocycles. The van der Waals surface area contributed by atoms with Crippen molar-refractivity contribution in [1.82, 2.24) is 9.36 Å². The fraction of sp³-hybridized carbons (Fsp3) is 0.182. The molecular weight excluding hydrogens is 204 g/mol. The maximum Gasteiger partial charge on any atom is 0.294 e. The highest BCUT2D eigenvalue weighted by molar-refractivity contribution is 5.44. The predicted octanol–water partition coefficient (Wildman–Crippen LogP) is 0.446. The van der Waals surface area contributed by atoms with Gasteiger partial charge < -0.3 is 11.5 Å². The van der Waals surface area contributed by atoms with E-state index in [9.17, 15) is 4.79 Å². The minimum absolute atomic E-state index is 0.215. The molecule has 0 saturated heterocycles. The summed E-state index contributed by atoms with van der Waals surface area (Å²) in [6.07, 6.45) is 0. The van der Waals surface area contributed by atoms with Crippen LogP contribution in [0.5, 0.6) is 0 Å². The van der Waals surface area contributed by atoms with Crippen molar-refractivity contribution < 1.29 is 0 Å². The number of anilines is 1. The second-order valence-electron chi connectivity index (χ2n) is 3.53. The van der Waals surface area contributed by atoms with E-state index in [1.807, 2.05) is 30.3 Å². The Morgan fingerprint density at radius 3 is 2.44 bits per heavy atom. The van der Waals surface area contributed by atoms with Gasteiger partial charge in [-0.2, -0.15) is 0 Å². The standard InChI is InChI=1S/C11H14N4O/c1-8-10(13)11(16)15(14(8)7-12)9-5-3-2-4-6-9/h2-6H,7,12-13H2,1H3. The molecule has 5 nitrogen and oxygen atoms in total. The summed E-state index contributed by atoms with van der Waals surface area (Å²) < 4.78 is 3.15. The first-order valence-corrected chi connectivity index (χ1v) is 5.00. The van der Waals surface area contributed by atoms with E-state index in [4.69, 9.17) is 11.5 Å². The van der Waals surface area contributed by atoms with Gasteiger partial charge in [0, 0.05) is 0 Å². The van der Waals surface area contributed by atoms with Crippen LogP contribution >= 0.6 is 0 Å². The van der Waals surface area contributed by atoms with Gasteiger partial charge in [0.05, 0.1) is 18.1 Å². The Balaban J connectivity index is 2.75. The van der Waals surface area contributed by atoms with Crippen molar-refractivity contribution in [2.75, 3.05) is 5.73 Å². The van der Waals surface area contributed by atoms with Crippen molar-refractivity contribution in [3.05, 3.63) is 46.4 Å². The normalized spacial score (nSPS) is 10.6. The molecule has 16 heavy (non-hydrogen) atoms. The van der Waals surface area contributed by atoms with Gasteiger partial charge in [0.15, 0.2) is 0 Å². The molecule has 5 heteroatoms.